The predicted octanol–water partition coefficient (Wildman–Crippen LogP) is 1.48. The van der Waals surface area contributed by atoms with E-state index in [0.29, 0.717) is 26.2 Å². The van der Waals surface area contributed by atoms with Crippen LogP contribution >= 0.6 is 0 Å². The summed E-state index contributed by atoms with van der Waals surface area (Å²) >= 11 is 0. The first-order chi connectivity index (χ1) is 11.3. The van der Waals surface area contributed by atoms with E-state index in [9.17, 15) is 13.2 Å². The number of sulfonamides is 1. The smallest absolute Gasteiger partial charge is 0.260 e. The largest absolute Gasteiger partial charge is 0.483 e. The molecule has 1 aliphatic rings. The quantitative estimate of drug-likeness (QED) is 0.803. The van der Waals surface area contributed by atoms with Crippen LogP contribution in [0.5, 0.6) is 5.75 Å². The van der Waals surface area contributed by atoms with Gasteiger partial charge in [-0.3, -0.25) is 4.79 Å². The Balaban J connectivity index is 1.92. The first-order valence-electron chi connectivity index (χ1n) is 8.21. The van der Waals surface area contributed by atoms with Crippen LogP contribution < -0.4 is 4.74 Å². The molecule has 0 bridgehead atoms. The third kappa shape index (κ3) is 4.08. The Morgan fingerprint density at radius 3 is 2.25 bits per heavy atom. The van der Waals surface area contributed by atoms with Gasteiger partial charge in [0.1, 0.15) is 5.75 Å². The summed E-state index contributed by atoms with van der Waals surface area (Å²) in [6.07, 6.45) is 0. The lowest BCUT2D eigenvalue weighted by Gasteiger charge is -2.33. The molecule has 1 heterocycles. The van der Waals surface area contributed by atoms with Crippen molar-refractivity contribution in [1.29, 1.82) is 0 Å². The van der Waals surface area contributed by atoms with Crippen molar-refractivity contribution in [1.82, 2.24) is 9.21 Å². The minimum Gasteiger partial charge on any atom is -0.483 e. The molecule has 0 N–H and O–H groups in total. The van der Waals surface area contributed by atoms with Gasteiger partial charge in [-0.05, 0) is 44.4 Å². The van der Waals surface area contributed by atoms with E-state index in [0.717, 1.165) is 22.4 Å². The summed E-state index contributed by atoms with van der Waals surface area (Å²) in [4.78, 5) is 14.0. The number of ether oxygens (including phenoxy) is 1. The standard InChI is InChI=1S/C17H26N2O4S/c1-5-24(21,22)19-10-8-18(9-11-19)16(20)12-23-17-14(3)7-6-13(2)15(17)4/h6-7H,5,8-12H2,1-4H3. The fourth-order valence-electron chi connectivity index (χ4n) is 2.77. The molecule has 1 fully saturated rings. The van der Waals surface area contributed by atoms with Crippen LogP contribution in [0.25, 0.3) is 0 Å². The maximum atomic E-state index is 12.3. The molecule has 0 radical (unpaired) electrons. The molecule has 24 heavy (non-hydrogen) atoms. The Kier molecular flexibility index (Phi) is 5.87. The Hall–Kier alpha value is -1.60. The van der Waals surface area contributed by atoms with Gasteiger partial charge in [-0.1, -0.05) is 12.1 Å². The lowest BCUT2D eigenvalue weighted by molar-refractivity contribution is -0.134. The summed E-state index contributed by atoms with van der Waals surface area (Å²) in [5.74, 6) is 0.745. The fraction of sp³-hybridized carbons (Fsp3) is 0.588. The van der Waals surface area contributed by atoms with Crippen molar-refractivity contribution in [2.75, 3.05) is 38.5 Å². The van der Waals surface area contributed by atoms with E-state index in [1.54, 1.807) is 11.8 Å². The summed E-state index contributed by atoms with van der Waals surface area (Å²) in [5.41, 5.74) is 3.17. The molecule has 6 nitrogen and oxygen atoms in total. The van der Waals surface area contributed by atoms with E-state index in [-0.39, 0.29) is 18.3 Å². The van der Waals surface area contributed by atoms with Crippen molar-refractivity contribution < 1.29 is 17.9 Å². The Labute approximate surface area is 144 Å². The molecule has 0 atom stereocenters. The lowest BCUT2D eigenvalue weighted by atomic mass is 10.1. The summed E-state index contributed by atoms with van der Waals surface area (Å²) in [5, 5.41) is 0. The van der Waals surface area contributed by atoms with Crippen molar-refractivity contribution in [2.24, 2.45) is 0 Å². The number of piperazine rings is 1. The number of rotatable bonds is 5. The van der Waals surface area contributed by atoms with Gasteiger partial charge < -0.3 is 9.64 Å². The van der Waals surface area contributed by atoms with Gasteiger partial charge in [0.2, 0.25) is 10.0 Å². The number of hydrogen-bond acceptors (Lipinski definition) is 4. The SMILES string of the molecule is CCS(=O)(=O)N1CCN(C(=O)COc2c(C)ccc(C)c2C)CC1. The highest BCUT2D eigenvalue weighted by Gasteiger charge is 2.27. The number of amides is 1. The topological polar surface area (TPSA) is 66.9 Å². The first-order valence-corrected chi connectivity index (χ1v) is 9.82. The number of hydrogen-bond donors (Lipinski definition) is 0. The van der Waals surface area contributed by atoms with Gasteiger partial charge in [-0.25, -0.2) is 8.42 Å². The summed E-state index contributed by atoms with van der Waals surface area (Å²) in [6.45, 7) is 9.09. The number of benzene rings is 1. The van der Waals surface area contributed by atoms with E-state index in [4.69, 9.17) is 4.74 Å². The van der Waals surface area contributed by atoms with E-state index < -0.39 is 10.0 Å². The maximum absolute atomic E-state index is 12.3. The summed E-state index contributed by atoms with van der Waals surface area (Å²) in [6, 6.07) is 4.02. The van der Waals surface area contributed by atoms with E-state index in [1.807, 2.05) is 32.9 Å². The zero-order valence-electron chi connectivity index (χ0n) is 14.8. The van der Waals surface area contributed by atoms with Gasteiger partial charge in [0.05, 0.1) is 5.75 Å². The monoisotopic (exact) mass is 354 g/mol. The molecule has 1 amide bonds. The average Bonchev–Trinajstić information content (AvgIpc) is 2.58. The molecule has 0 aromatic heterocycles. The number of nitrogens with zero attached hydrogens (tertiary/aromatic N) is 2. The van der Waals surface area contributed by atoms with Crippen LogP contribution in [0.3, 0.4) is 0 Å². The molecule has 0 aliphatic carbocycles. The van der Waals surface area contributed by atoms with Crippen LogP contribution in [0.2, 0.25) is 0 Å². The second kappa shape index (κ2) is 7.53. The van der Waals surface area contributed by atoms with Crippen molar-refractivity contribution >= 4 is 15.9 Å². The Morgan fingerprint density at radius 2 is 1.67 bits per heavy atom. The number of aryl methyl sites for hydroxylation is 2. The second-order valence-electron chi connectivity index (χ2n) is 6.12. The van der Waals surface area contributed by atoms with Gasteiger partial charge in [0, 0.05) is 26.2 Å². The van der Waals surface area contributed by atoms with Gasteiger partial charge in [-0.2, -0.15) is 4.31 Å². The van der Waals surface area contributed by atoms with Crippen LogP contribution in [-0.4, -0.2) is 62.1 Å². The summed E-state index contributed by atoms with van der Waals surface area (Å²) in [7, 11) is -3.18. The molecule has 134 valence electrons. The first kappa shape index (κ1) is 18.7. The third-order valence-corrected chi connectivity index (χ3v) is 6.44. The number of carbonyl (C=O) groups is 1. The molecule has 1 aliphatic heterocycles. The molecule has 1 aromatic carbocycles. The Morgan fingerprint density at radius 1 is 1.08 bits per heavy atom. The third-order valence-electron chi connectivity index (χ3n) is 4.56. The molecular weight excluding hydrogens is 328 g/mol. The second-order valence-corrected chi connectivity index (χ2v) is 8.38. The normalized spacial score (nSPS) is 16.2. The van der Waals surface area contributed by atoms with Crippen LogP contribution in [0, 0.1) is 20.8 Å². The molecule has 0 spiro atoms. The zero-order chi connectivity index (χ0) is 17.9. The van der Waals surface area contributed by atoms with Crippen molar-refractivity contribution in [3.05, 3.63) is 28.8 Å². The molecule has 1 saturated heterocycles. The van der Waals surface area contributed by atoms with Crippen molar-refractivity contribution in [2.45, 2.75) is 27.7 Å². The highest BCUT2D eigenvalue weighted by molar-refractivity contribution is 7.89. The fourth-order valence-corrected chi connectivity index (χ4v) is 3.86. The van der Waals surface area contributed by atoms with Gasteiger partial charge in [-0.15, -0.1) is 0 Å². The molecule has 0 unspecified atom stereocenters. The minimum atomic E-state index is -3.18. The van der Waals surface area contributed by atoms with Crippen LogP contribution in [0.1, 0.15) is 23.6 Å². The van der Waals surface area contributed by atoms with E-state index in [2.05, 4.69) is 0 Å². The molecule has 1 aromatic rings. The van der Waals surface area contributed by atoms with Crippen molar-refractivity contribution in [3.8, 4) is 5.75 Å². The zero-order valence-corrected chi connectivity index (χ0v) is 15.6. The summed E-state index contributed by atoms with van der Waals surface area (Å²) < 4.78 is 30.9. The lowest BCUT2D eigenvalue weighted by Crippen LogP contribution is -2.51. The van der Waals surface area contributed by atoms with Gasteiger partial charge >= 0.3 is 0 Å². The van der Waals surface area contributed by atoms with Gasteiger partial charge in [0.25, 0.3) is 5.91 Å². The Bertz CT molecular complexity index is 708. The highest BCUT2D eigenvalue weighted by atomic mass is 32.2. The van der Waals surface area contributed by atoms with E-state index in [1.165, 1.54) is 4.31 Å². The predicted molar refractivity (Wildman–Crippen MR) is 93.8 cm³/mol. The average molecular weight is 354 g/mol. The molecular formula is C17H26N2O4S. The van der Waals surface area contributed by atoms with E-state index >= 15 is 0 Å². The molecule has 0 saturated carbocycles. The number of carbonyl (C=O) groups excluding carboxylic acids is 1. The van der Waals surface area contributed by atoms with Crippen LogP contribution in [-0.2, 0) is 14.8 Å². The van der Waals surface area contributed by atoms with Gasteiger partial charge in [0.15, 0.2) is 6.61 Å². The molecule has 7 heteroatoms. The van der Waals surface area contributed by atoms with Crippen LogP contribution in [0.4, 0.5) is 0 Å². The maximum Gasteiger partial charge on any atom is 0.260 e. The molecule has 2 rings (SSSR count). The minimum absolute atomic E-state index is 0.0222. The van der Waals surface area contributed by atoms with Crippen molar-refractivity contribution in [3.63, 3.8) is 0 Å². The van der Waals surface area contributed by atoms with Crippen LogP contribution in [0.15, 0.2) is 12.1 Å². The highest BCUT2D eigenvalue weighted by Crippen LogP contribution is 2.25.